The quantitative estimate of drug-likeness (QED) is 0.762. The van der Waals surface area contributed by atoms with E-state index < -0.39 is 0 Å². The Bertz CT molecular complexity index is 496. The van der Waals surface area contributed by atoms with E-state index in [4.69, 9.17) is 0 Å². The highest BCUT2D eigenvalue weighted by Gasteiger charge is 2.05. The smallest absolute Gasteiger partial charge is 0.0963 e. The van der Waals surface area contributed by atoms with Gasteiger partial charge in [-0.15, -0.1) is 11.8 Å². The van der Waals surface area contributed by atoms with Gasteiger partial charge in [-0.05, 0) is 37.1 Å². The summed E-state index contributed by atoms with van der Waals surface area (Å²) < 4.78 is 0. The summed E-state index contributed by atoms with van der Waals surface area (Å²) in [6.07, 6.45) is 3.14. The van der Waals surface area contributed by atoms with Crippen LogP contribution in [0.15, 0.2) is 53.7 Å². The fourth-order valence-electron chi connectivity index (χ4n) is 1.94. The molecule has 106 valence electrons. The minimum absolute atomic E-state index is 0.371. The Hall–Kier alpha value is -1.32. The molecule has 1 heterocycles. The standard InChI is InChI=1S/C17H22N2S/c1-3-11-18-14(2)16-9-10-17(19-12-16)20-13-15-7-5-4-6-8-15/h4-10,12,14,18H,3,11,13H2,1-2H3. The molecule has 1 N–H and O–H groups in total. The number of benzene rings is 1. The van der Waals surface area contributed by atoms with Crippen molar-refractivity contribution in [2.45, 2.75) is 37.1 Å². The molecule has 1 aromatic heterocycles. The molecule has 1 aromatic carbocycles. The number of aromatic nitrogens is 1. The first kappa shape index (κ1) is 15.1. The van der Waals surface area contributed by atoms with Gasteiger partial charge >= 0.3 is 0 Å². The molecule has 0 aliphatic heterocycles. The van der Waals surface area contributed by atoms with Crippen molar-refractivity contribution < 1.29 is 0 Å². The predicted octanol–water partition coefficient (Wildman–Crippen LogP) is 4.43. The molecular formula is C17H22N2S. The van der Waals surface area contributed by atoms with E-state index in [1.807, 2.05) is 12.3 Å². The number of nitrogens with zero attached hydrogens (tertiary/aromatic N) is 1. The summed E-state index contributed by atoms with van der Waals surface area (Å²) in [6.45, 7) is 5.41. The van der Waals surface area contributed by atoms with Crippen LogP contribution in [0.4, 0.5) is 0 Å². The Labute approximate surface area is 126 Å². The summed E-state index contributed by atoms with van der Waals surface area (Å²) >= 11 is 1.78. The van der Waals surface area contributed by atoms with Crippen molar-refractivity contribution in [2.75, 3.05) is 6.54 Å². The lowest BCUT2D eigenvalue weighted by Gasteiger charge is -2.13. The summed E-state index contributed by atoms with van der Waals surface area (Å²) in [5, 5.41) is 4.56. The Morgan fingerprint density at radius 2 is 1.95 bits per heavy atom. The first-order valence-corrected chi connectivity index (χ1v) is 8.14. The van der Waals surface area contributed by atoms with Gasteiger partial charge in [0.25, 0.3) is 0 Å². The van der Waals surface area contributed by atoms with Gasteiger partial charge in [0.05, 0.1) is 5.03 Å². The molecular weight excluding hydrogens is 264 g/mol. The highest BCUT2D eigenvalue weighted by atomic mass is 32.2. The monoisotopic (exact) mass is 286 g/mol. The van der Waals surface area contributed by atoms with E-state index >= 15 is 0 Å². The van der Waals surface area contributed by atoms with Crippen molar-refractivity contribution in [1.82, 2.24) is 10.3 Å². The zero-order valence-corrected chi connectivity index (χ0v) is 13.0. The van der Waals surface area contributed by atoms with Crippen molar-refractivity contribution in [3.05, 3.63) is 59.8 Å². The van der Waals surface area contributed by atoms with Crippen molar-refractivity contribution >= 4 is 11.8 Å². The number of thioether (sulfide) groups is 1. The van der Waals surface area contributed by atoms with Gasteiger partial charge in [-0.3, -0.25) is 0 Å². The lowest BCUT2D eigenvalue weighted by Crippen LogP contribution is -2.19. The molecule has 0 amide bonds. The average Bonchev–Trinajstić information content (AvgIpc) is 2.52. The zero-order valence-electron chi connectivity index (χ0n) is 12.2. The van der Waals surface area contributed by atoms with Crippen molar-refractivity contribution in [1.29, 1.82) is 0 Å². The molecule has 0 spiro atoms. The maximum Gasteiger partial charge on any atom is 0.0963 e. The van der Waals surface area contributed by atoms with E-state index in [0.717, 1.165) is 23.7 Å². The second kappa shape index (κ2) is 8.08. The molecule has 1 atom stereocenters. The largest absolute Gasteiger partial charge is 0.310 e. The third-order valence-electron chi connectivity index (χ3n) is 3.19. The van der Waals surface area contributed by atoms with E-state index in [1.165, 1.54) is 11.1 Å². The highest BCUT2D eigenvalue weighted by molar-refractivity contribution is 7.98. The molecule has 2 rings (SSSR count). The van der Waals surface area contributed by atoms with Crippen molar-refractivity contribution in [3.8, 4) is 0 Å². The van der Waals surface area contributed by atoms with Crippen LogP contribution in [0.5, 0.6) is 0 Å². The van der Waals surface area contributed by atoms with Crippen LogP contribution in [-0.4, -0.2) is 11.5 Å². The van der Waals surface area contributed by atoms with Crippen LogP contribution in [-0.2, 0) is 5.75 Å². The lowest BCUT2D eigenvalue weighted by atomic mass is 10.1. The Kier molecular flexibility index (Phi) is 6.09. The third kappa shape index (κ3) is 4.66. The summed E-state index contributed by atoms with van der Waals surface area (Å²) in [6, 6.07) is 15.2. The Morgan fingerprint density at radius 1 is 1.15 bits per heavy atom. The van der Waals surface area contributed by atoms with E-state index in [-0.39, 0.29) is 0 Å². The van der Waals surface area contributed by atoms with Gasteiger partial charge in [-0.2, -0.15) is 0 Å². The predicted molar refractivity (Wildman–Crippen MR) is 86.9 cm³/mol. The van der Waals surface area contributed by atoms with Crippen LogP contribution in [0.1, 0.15) is 37.4 Å². The number of rotatable bonds is 7. The molecule has 2 aromatic rings. The highest BCUT2D eigenvalue weighted by Crippen LogP contribution is 2.22. The molecule has 1 unspecified atom stereocenters. The molecule has 2 nitrogen and oxygen atoms in total. The molecule has 0 saturated heterocycles. The van der Waals surface area contributed by atoms with Gasteiger partial charge in [0, 0.05) is 18.0 Å². The normalized spacial score (nSPS) is 12.3. The molecule has 0 aliphatic rings. The van der Waals surface area contributed by atoms with Gasteiger partial charge in [0.1, 0.15) is 0 Å². The van der Waals surface area contributed by atoms with Crippen LogP contribution in [0.25, 0.3) is 0 Å². The fourth-order valence-corrected chi connectivity index (χ4v) is 2.74. The SMILES string of the molecule is CCCNC(C)c1ccc(SCc2ccccc2)nc1. The molecule has 0 saturated carbocycles. The summed E-state index contributed by atoms with van der Waals surface area (Å²) in [5.74, 6) is 0.969. The molecule has 0 fully saturated rings. The van der Waals surface area contributed by atoms with Crippen LogP contribution in [0.2, 0.25) is 0 Å². The molecule has 3 heteroatoms. The Morgan fingerprint density at radius 3 is 2.60 bits per heavy atom. The van der Waals surface area contributed by atoms with Gasteiger partial charge < -0.3 is 5.32 Å². The third-order valence-corrected chi connectivity index (χ3v) is 4.20. The minimum Gasteiger partial charge on any atom is -0.310 e. The first-order chi connectivity index (χ1) is 9.79. The Balaban J connectivity index is 1.88. The molecule has 0 aliphatic carbocycles. The fraction of sp³-hybridized carbons (Fsp3) is 0.353. The zero-order chi connectivity index (χ0) is 14.2. The molecule has 0 radical (unpaired) electrons. The van der Waals surface area contributed by atoms with Crippen LogP contribution >= 0.6 is 11.8 Å². The minimum atomic E-state index is 0.371. The van der Waals surface area contributed by atoms with E-state index in [2.05, 4.69) is 60.5 Å². The molecule has 20 heavy (non-hydrogen) atoms. The van der Waals surface area contributed by atoms with E-state index in [1.54, 1.807) is 11.8 Å². The second-order valence-corrected chi connectivity index (χ2v) is 5.88. The summed E-state index contributed by atoms with van der Waals surface area (Å²) in [5.41, 5.74) is 2.59. The summed E-state index contributed by atoms with van der Waals surface area (Å²) in [7, 11) is 0. The maximum atomic E-state index is 4.55. The number of nitrogens with one attached hydrogen (secondary N) is 1. The van der Waals surface area contributed by atoms with Crippen molar-refractivity contribution in [3.63, 3.8) is 0 Å². The number of pyridine rings is 1. The second-order valence-electron chi connectivity index (χ2n) is 4.88. The van der Waals surface area contributed by atoms with Gasteiger partial charge in [-0.1, -0.05) is 43.3 Å². The summed E-state index contributed by atoms with van der Waals surface area (Å²) in [4.78, 5) is 4.55. The maximum absolute atomic E-state index is 4.55. The van der Waals surface area contributed by atoms with Crippen LogP contribution in [0.3, 0.4) is 0 Å². The van der Waals surface area contributed by atoms with Gasteiger partial charge in [-0.25, -0.2) is 4.98 Å². The van der Waals surface area contributed by atoms with Gasteiger partial charge in [0.2, 0.25) is 0 Å². The molecule has 0 bridgehead atoms. The first-order valence-electron chi connectivity index (χ1n) is 7.15. The topological polar surface area (TPSA) is 24.9 Å². The number of hydrogen-bond acceptors (Lipinski definition) is 3. The van der Waals surface area contributed by atoms with E-state index in [9.17, 15) is 0 Å². The van der Waals surface area contributed by atoms with Gasteiger partial charge in [0.15, 0.2) is 0 Å². The van der Waals surface area contributed by atoms with Crippen LogP contribution < -0.4 is 5.32 Å². The lowest BCUT2D eigenvalue weighted by molar-refractivity contribution is 0.568. The van der Waals surface area contributed by atoms with Crippen molar-refractivity contribution in [2.24, 2.45) is 0 Å². The van der Waals surface area contributed by atoms with Crippen LogP contribution in [0, 0.1) is 0 Å². The van der Waals surface area contributed by atoms with E-state index in [0.29, 0.717) is 6.04 Å². The number of hydrogen-bond donors (Lipinski definition) is 1. The average molecular weight is 286 g/mol.